The van der Waals surface area contributed by atoms with Crippen molar-refractivity contribution in [2.75, 3.05) is 6.61 Å². The molecule has 0 fully saturated rings. The predicted octanol–water partition coefficient (Wildman–Crippen LogP) is 4.65. The third-order valence-electron chi connectivity index (χ3n) is 4.29. The number of nitrogens with one attached hydrogen (secondary N) is 1. The summed E-state index contributed by atoms with van der Waals surface area (Å²) < 4.78 is 5.61. The van der Waals surface area contributed by atoms with Crippen LogP contribution in [0.5, 0.6) is 5.75 Å². The SMILES string of the molecule is Cc1cc(C)c([C@@H](C)NC(=O)CCCOc2ccccc2)cc1C. The molecule has 1 atom stereocenters. The third kappa shape index (κ3) is 5.12. The quantitative estimate of drug-likeness (QED) is 0.753. The van der Waals surface area contributed by atoms with Crippen molar-refractivity contribution in [1.29, 1.82) is 0 Å². The molecule has 0 aliphatic heterocycles. The Morgan fingerprint density at radius 2 is 1.71 bits per heavy atom. The number of hydrogen-bond acceptors (Lipinski definition) is 2. The van der Waals surface area contributed by atoms with E-state index in [1.807, 2.05) is 37.3 Å². The fourth-order valence-corrected chi connectivity index (χ4v) is 2.78. The van der Waals surface area contributed by atoms with E-state index >= 15 is 0 Å². The first-order valence-electron chi connectivity index (χ1n) is 8.52. The van der Waals surface area contributed by atoms with Crippen LogP contribution in [0.25, 0.3) is 0 Å². The molecule has 1 N–H and O–H groups in total. The van der Waals surface area contributed by atoms with Gasteiger partial charge in [-0.05, 0) is 68.5 Å². The van der Waals surface area contributed by atoms with Gasteiger partial charge in [0.25, 0.3) is 0 Å². The van der Waals surface area contributed by atoms with Gasteiger partial charge in [0.15, 0.2) is 0 Å². The standard InChI is InChI=1S/C21H27NO2/c1-15-13-17(3)20(14-16(15)2)18(4)22-21(23)11-8-12-24-19-9-6-5-7-10-19/h5-7,9-10,13-14,18H,8,11-12H2,1-4H3,(H,22,23)/t18-/m1/s1. The monoisotopic (exact) mass is 325 g/mol. The molecule has 128 valence electrons. The number of hydrogen-bond donors (Lipinski definition) is 1. The van der Waals surface area contributed by atoms with E-state index in [2.05, 4.69) is 38.2 Å². The molecular formula is C21H27NO2. The summed E-state index contributed by atoms with van der Waals surface area (Å²) in [5.41, 5.74) is 4.95. The molecule has 0 radical (unpaired) electrons. The van der Waals surface area contributed by atoms with E-state index in [-0.39, 0.29) is 11.9 Å². The topological polar surface area (TPSA) is 38.3 Å². The van der Waals surface area contributed by atoms with E-state index < -0.39 is 0 Å². The smallest absolute Gasteiger partial charge is 0.220 e. The zero-order valence-corrected chi connectivity index (χ0v) is 15.1. The molecule has 2 rings (SSSR count). The summed E-state index contributed by atoms with van der Waals surface area (Å²) in [4.78, 5) is 12.1. The Hall–Kier alpha value is -2.29. The van der Waals surface area contributed by atoms with Gasteiger partial charge in [0.2, 0.25) is 5.91 Å². The van der Waals surface area contributed by atoms with Crippen LogP contribution in [0, 0.1) is 20.8 Å². The molecule has 0 saturated heterocycles. The largest absolute Gasteiger partial charge is 0.494 e. The Labute approximate surface area is 145 Å². The number of ether oxygens (including phenoxy) is 1. The highest BCUT2D eigenvalue weighted by Gasteiger charge is 2.12. The normalized spacial score (nSPS) is 11.8. The Balaban J connectivity index is 1.78. The highest BCUT2D eigenvalue weighted by atomic mass is 16.5. The van der Waals surface area contributed by atoms with Crippen molar-refractivity contribution in [1.82, 2.24) is 5.32 Å². The first-order chi connectivity index (χ1) is 11.5. The fourth-order valence-electron chi connectivity index (χ4n) is 2.78. The van der Waals surface area contributed by atoms with Crippen molar-refractivity contribution < 1.29 is 9.53 Å². The first-order valence-corrected chi connectivity index (χ1v) is 8.52. The van der Waals surface area contributed by atoms with E-state index in [0.29, 0.717) is 19.4 Å². The second kappa shape index (κ2) is 8.53. The molecule has 2 aromatic rings. The summed E-state index contributed by atoms with van der Waals surface area (Å²) in [5, 5.41) is 3.09. The Morgan fingerprint density at radius 1 is 1.04 bits per heavy atom. The van der Waals surface area contributed by atoms with Gasteiger partial charge in [0.05, 0.1) is 12.6 Å². The summed E-state index contributed by atoms with van der Waals surface area (Å²) in [6.07, 6.45) is 1.18. The van der Waals surface area contributed by atoms with Gasteiger partial charge in [-0.3, -0.25) is 4.79 Å². The lowest BCUT2D eigenvalue weighted by atomic mass is 9.96. The molecule has 0 aliphatic rings. The van der Waals surface area contributed by atoms with Gasteiger partial charge in [-0.25, -0.2) is 0 Å². The lowest BCUT2D eigenvalue weighted by molar-refractivity contribution is -0.121. The van der Waals surface area contributed by atoms with E-state index in [9.17, 15) is 4.79 Å². The summed E-state index contributed by atoms with van der Waals surface area (Å²) in [5.74, 6) is 0.911. The molecular weight excluding hydrogens is 298 g/mol. The average Bonchev–Trinajstić information content (AvgIpc) is 2.56. The van der Waals surface area contributed by atoms with E-state index in [0.717, 1.165) is 5.75 Å². The number of para-hydroxylation sites is 1. The van der Waals surface area contributed by atoms with Gasteiger partial charge in [0.1, 0.15) is 5.75 Å². The van der Waals surface area contributed by atoms with Gasteiger partial charge in [0, 0.05) is 6.42 Å². The van der Waals surface area contributed by atoms with Gasteiger partial charge in [-0.2, -0.15) is 0 Å². The summed E-state index contributed by atoms with van der Waals surface area (Å²) in [6, 6.07) is 14.1. The van der Waals surface area contributed by atoms with E-state index in [4.69, 9.17) is 4.74 Å². The van der Waals surface area contributed by atoms with Crippen LogP contribution in [0.3, 0.4) is 0 Å². The minimum absolute atomic E-state index is 0.0202. The molecule has 24 heavy (non-hydrogen) atoms. The van der Waals surface area contributed by atoms with Crippen LogP contribution in [0.15, 0.2) is 42.5 Å². The Kier molecular flexibility index (Phi) is 6.42. The van der Waals surface area contributed by atoms with Gasteiger partial charge in [-0.1, -0.05) is 30.3 Å². The second-order valence-electron chi connectivity index (χ2n) is 6.35. The summed E-state index contributed by atoms with van der Waals surface area (Å²) in [6.45, 7) is 8.90. The van der Waals surface area contributed by atoms with Crippen LogP contribution in [0.2, 0.25) is 0 Å². The van der Waals surface area contributed by atoms with Crippen LogP contribution in [-0.4, -0.2) is 12.5 Å². The highest BCUT2D eigenvalue weighted by molar-refractivity contribution is 5.76. The molecule has 0 bridgehead atoms. The number of carbonyl (C=O) groups excluding carboxylic acids is 1. The van der Waals surface area contributed by atoms with Crippen molar-refractivity contribution in [2.24, 2.45) is 0 Å². The van der Waals surface area contributed by atoms with Crippen LogP contribution < -0.4 is 10.1 Å². The fraction of sp³-hybridized carbons (Fsp3) is 0.381. The molecule has 0 unspecified atom stereocenters. The lowest BCUT2D eigenvalue weighted by Crippen LogP contribution is -2.27. The predicted molar refractivity (Wildman–Crippen MR) is 98.4 cm³/mol. The molecule has 0 heterocycles. The number of amides is 1. The molecule has 0 spiro atoms. The zero-order valence-electron chi connectivity index (χ0n) is 15.1. The van der Waals surface area contributed by atoms with Crippen LogP contribution in [0.4, 0.5) is 0 Å². The van der Waals surface area contributed by atoms with Crippen molar-refractivity contribution >= 4 is 5.91 Å². The minimum Gasteiger partial charge on any atom is -0.494 e. The van der Waals surface area contributed by atoms with Crippen molar-refractivity contribution in [3.05, 3.63) is 64.7 Å². The molecule has 3 heteroatoms. The molecule has 0 saturated carbocycles. The molecule has 1 amide bonds. The summed E-state index contributed by atoms with van der Waals surface area (Å²) >= 11 is 0. The molecule has 3 nitrogen and oxygen atoms in total. The zero-order chi connectivity index (χ0) is 17.5. The number of aryl methyl sites for hydroxylation is 3. The molecule has 0 aromatic heterocycles. The van der Waals surface area contributed by atoms with Gasteiger partial charge < -0.3 is 10.1 Å². The van der Waals surface area contributed by atoms with Crippen molar-refractivity contribution in [3.8, 4) is 5.75 Å². The molecule has 0 aliphatic carbocycles. The number of rotatable bonds is 7. The maximum atomic E-state index is 12.1. The highest BCUT2D eigenvalue weighted by Crippen LogP contribution is 2.21. The maximum Gasteiger partial charge on any atom is 0.220 e. The van der Waals surface area contributed by atoms with E-state index in [1.165, 1.54) is 22.3 Å². The second-order valence-corrected chi connectivity index (χ2v) is 6.35. The Bertz CT molecular complexity index is 680. The van der Waals surface area contributed by atoms with Gasteiger partial charge >= 0.3 is 0 Å². The van der Waals surface area contributed by atoms with Crippen LogP contribution >= 0.6 is 0 Å². The number of carbonyl (C=O) groups is 1. The minimum atomic E-state index is 0.0202. The third-order valence-corrected chi connectivity index (χ3v) is 4.29. The maximum absolute atomic E-state index is 12.1. The average molecular weight is 325 g/mol. The first kappa shape index (κ1) is 18.1. The van der Waals surface area contributed by atoms with Crippen molar-refractivity contribution in [2.45, 2.75) is 46.6 Å². The van der Waals surface area contributed by atoms with E-state index in [1.54, 1.807) is 0 Å². The van der Waals surface area contributed by atoms with Gasteiger partial charge in [-0.15, -0.1) is 0 Å². The van der Waals surface area contributed by atoms with Crippen LogP contribution in [0.1, 0.15) is 48.1 Å². The number of benzene rings is 2. The lowest BCUT2D eigenvalue weighted by Gasteiger charge is -2.18. The van der Waals surface area contributed by atoms with Crippen molar-refractivity contribution in [3.63, 3.8) is 0 Å². The van der Waals surface area contributed by atoms with Crippen LogP contribution in [-0.2, 0) is 4.79 Å². The Morgan fingerprint density at radius 3 is 2.42 bits per heavy atom. The molecule has 2 aromatic carbocycles. The summed E-state index contributed by atoms with van der Waals surface area (Å²) in [7, 11) is 0.